The molecule has 0 saturated carbocycles. The molecule has 0 radical (unpaired) electrons. The third-order valence-electron chi connectivity index (χ3n) is 7.71. The van der Waals surface area contributed by atoms with Crippen molar-refractivity contribution in [2.45, 2.75) is 64.1 Å². The second-order valence-electron chi connectivity index (χ2n) is 9.81. The monoisotopic (exact) mass is 439 g/mol. The fourth-order valence-electron chi connectivity index (χ4n) is 6.06. The van der Waals surface area contributed by atoms with Crippen LogP contribution in [0.5, 0.6) is 0 Å². The Kier molecular flexibility index (Phi) is 6.61. The Bertz CT molecular complexity index is 873. The lowest BCUT2D eigenvalue weighted by Crippen LogP contribution is -2.57. The number of fused-ring (bicyclic) bond motifs is 1. The lowest BCUT2D eigenvalue weighted by molar-refractivity contribution is -0.150. The summed E-state index contributed by atoms with van der Waals surface area (Å²) in [4.78, 5) is 32.1. The number of likely N-dealkylation sites (tertiary alicyclic amines) is 2. The molecule has 6 nitrogen and oxygen atoms in total. The zero-order valence-electron chi connectivity index (χ0n) is 19.8. The van der Waals surface area contributed by atoms with Crippen molar-refractivity contribution in [2.24, 2.45) is 5.92 Å². The molecule has 3 heterocycles. The highest BCUT2D eigenvalue weighted by Crippen LogP contribution is 2.44. The van der Waals surface area contributed by atoms with Crippen molar-refractivity contribution < 1.29 is 14.3 Å². The van der Waals surface area contributed by atoms with E-state index in [0.29, 0.717) is 12.6 Å². The van der Waals surface area contributed by atoms with E-state index < -0.39 is 5.54 Å². The largest absolute Gasteiger partial charge is 0.469 e. The van der Waals surface area contributed by atoms with Gasteiger partial charge in [-0.1, -0.05) is 18.2 Å². The number of aryl methyl sites for hydroxylation is 1. The van der Waals surface area contributed by atoms with Crippen LogP contribution in [0.2, 0.25) is 0 Å². The van der Waals surface area contributed by atoms with Crippen LogP contribution in [0.15, 0.2) is 30.9 Å². The van der Waals surface area contributed by atoms with Crippen LogP contribution in [0.3, 0.4) is 0 Å². The molecule has 2 fully saturated rings. The molecule has 1 amide bonds. The number of esters is 1. The summed E-state index contributed by atoms with van der Waals surface area (Å²) < 4.78 is 5.08. The van der Waals surface area contributed by atoms with E-state index in [2.05, 4.69) is 48.4 Å². The average Bonchev–Trinajstić information content (AvgIpc) is 3.06. The molecule has 174 valence electrons. The number of amides is 1. The Hall–Kier alpha value is -2.34. The van der Waals surface area contributed by atoms with E-state index in [4.69, 9.17) is 4.74 Å². The number of methoxy groups -OCH3 is 1. The maximum atomic E-state index is 12.7. The minimum Gasteiger partial charge on any atom is -0.469 e. The number of hydrogen-bond acceptors (Lipinski definition) is 5. The second-order valence-corrected chi connectivity index (χ2v) is 9.81. The van der Waals surface area contributed by atoms with Crippen LogP contribution in [0.25, 0.3) is 0 Å². The third-order valence-corrected chi connectivity index (χ3v) is 7.71. The van der Waals surface area contributed by atoms with Gasteiger partial charge in [0.05, 0.1) is 18.6 Å². The van der Waals surface area contributed by atoms with E-state index in [1.165, 1.54) is 30.3 Å². The predicted octanol–water partition coefficient (Wildman–Crippen LogP) is 3.39. The maximum Gasteiger partial charge on any atom is 0.311 e. The number of piperidine rings is 1. The van der Waals surface area contributed by atoms with Gasteiger partial charge in [0.2, 0.25) is 5.91 Å². The smallest absolute Gasteiger partial charge is 0.311 e. The van der Waals surface area contributed by atoms with E-state index in [0.717, 1.165) is 45.4 Å². The van der Waals surface area contributed by atoms with Crippen LogP contribution in [-0.2, 0) is 27.3 Å². The van der Waals surface area contributed by atoms with E-state index in [9.17, 15) is 9.59 Å². The summed E-state index contributed by atoms with van der Waals surface area (Å²) in [5, 5.41) is 0. The van der Waals surface area contributed by atoms with Crippen LogP contribution in [0, 0.1) is 5.92 Å². The molecule has 1 spiro atoms. The van der Waals surface area contributed by atoms with Crippen LogP contribution in [0.1, 0.15) is 50.7 Å². The molecule has 0 N–H and O–H groups in total. The lowest BCUT2D eigenvalue weighted by atomic mass is 9.76. The van der Waals surface area contributed by atoms with E-state index in [-0.39, 0.29) is 24.2 Å². The zero-order valence-corrected chi connectivity index (χ0v) is 19.8. The van der Waals surface area contributed by atoms with E-state index >= 15 is 0 Å². The van der Waals surface area contributed by atoms with Crippen molar-refractivity contribution in [3.05, 3.63) is 42.0 Å². The van der Waals surface area contributed by atoms with Crippen molar-refractivity contribution in [2.75, 3.05) is 38.2 Å². The van der Waals surface area contributed by atoms with Gasteiger partial charge in [-0.3, -0.25) is 14.5 Å². The second kappa shape index (κ2) is 9.26. The number of carbonyl (C=O) groups excluding carboxylic acids is 2. The molecule has 1 atom stereocenters. The topological polar surface area (TPSA) is 53.1 Å². The van der Waals surface area contributed by atoms with Gasteiger partial charge in [-0.05, 0) is 56.7 Å². The van der Waals surface area contributed by atoms with Crippen LogP contribution >= 0.6 is 0 Å². The molecule has 6 heteroatoms. The van der Waals surface area contributed by atoms with Gasteiger partial charge in [0.1, 0.15) is 0 Å². The predicted molar refractivity (Wildman–Crippen MR) is 127 cm³/mol. The Labute approximate surface area is 192 Å². The van der Waals surface area contributed by atoms with Crippen molar-refractivity contribution >= 4 is 17.6 Å². The first-order valence-corrected chi connectivity index (χ1v) is 12.0. The van der Waals surface area contributed by atoms with E-state index in [1.54, 1.807) is 6.08 Å². The van der Waals surface area contributed by atoms with Gasteiger partial charge in [-0.2, -0.15) is 0 Å². The van der Waals surface area contributed by atoms with Crippen molar-refractivity contribution in [1.82, 2.24) is 9.80 Å². The number of benzene rings is 1. The quantitative estimate of drug-likeness (QED) is 0.502. The molecule has 0 bridgehead atoms. The average molecular weight is 440 g/mol. The van der Waals surface area contributed by atoms with Gasteiger partial charge in [-0.25, -0.2) is 0 Å². The normalized spacial score (nSPS) is 23.0. The lowest BCUT2D eigenvalue weighted by Gasteiger charge is -2.47. The number of rotatable bonds is 6. The number of carbonyl (C=O) groups is 2. The van der Waals surface area contributed by atoms with Gasteiger partial charge in [0.15, 0.2) is 0 Å². The Morgan fingerprint density at radius 3 is 2.69 bits per heavy atom. The Balaban J connectivity index is 1.47. The maximum absolute atomic E-state index is 12.7. The van der Waals surface area contributed by atoms with Crippen molar-refractivity contribution in [1.29, 1.82) is 0 Å². The van der Waals surface area contributed by atoms with E-state index in [1.807, 2.05) is 4.90 Å². The molecule has 32 heavy (non-hydrogen) atoms. The minimum atomic E-state index is -0.442. The van der Waals surface area contributed by atoms with Gasteiger partial charge in [0, 0.05) is 50.9 Å². The van der Waals surface area contributed by atoms with Crippen molar-refractivity contribution in [3.8, 4) is 0 Å². The van der Waals surface area contributed by atoms with Gasteiger partial charge < -0.3 is 14.5 Å². The molecule has 0 aromatic heterocycles. The number of nitrogens with zero attached hydrogens (tertiary/aromatic N) is 3. The minimum absolute atomic E-state index is 0.0399. The summed E-state index contributed by atoms with van der Waals surface area (Å²) in [5.41, 5.74) is 3.75. The van der Waals surface area contributed by atoms with Crippen LogP contribution in [-0.4, -0.2) is 66.5 Å². The summed E-state index contributed by atoms with van der Waals surface area (Å²) in [7, 11) is 1.42. The molecular formula is C26H37N3O3. The molecule has 4 rings (SSSR count). The van der Waals surface area contributed by atoms with Crippen LogP contribution in [0.4, 0.5) is 5.69 Å². The molecular weight excluding hydrogens is 402 g/mol. The molecule has 1 unspecified atom stereocenters. The first kappa shape index (κ1) is 22.8. The summed E-state index contributed by atoms with van der Waals surface area (Å²) in [6.45, 7) is 12.6. The highest BCUT2D eigenvalue weighted by atomic mass is 16.5. The molecule has 3 aliphatic rings. The summed E-state index contributed by atoms with van der Waals surface area (Å²) in [6, 6.07) is 7.47. The Morgan fingerprint density at radius 1 is 1.28 bits per heavy atom. The van der Waals surface area contributed by atoms with Crippen molar-refractivity contribution in [3.63, 3.8) is 0 Å². The summed E-state index contributed by atoms with van der Waals surface area (Å²) in [6.07, 6.45) is 5.95. The standard InChI is InChI=1S/C26H37N3O3/c1-5-12-29-24(30)17-22(25(31)32-4)26(29)10-14-27(15-11-26)18-20-8-9-23-21(16-20)7-6-13-28(23)19(2)3/h5,8-9,16,19,22H,1,6-7,10-15,17-18H2,2-4H3. The Morgan fingerprint density at radius 2 is 2.03 bits per heavy atom. The van der Waals surface area contributed by atoms with Gasteiger partial charge in [0.25, 0.3) is 0 Å². The molecule has 0 aliphatic carbocycles. The molecule has 2 saturated heterocycles. The highest BCUT2D eigenvalue weighted by Gasteiger charge is 2.56. The first-order chi connectivity index (χ1) is 15.4. The number of ether oxygens (including phenoxy) is 1. The summed E-state index contributed by atoms with van der Waals surface area (Å²) >= 11 is 0. The highest BCUT2D eigenvalue weighted by molar-refractivity contribution is 5.89. The zero-order chi connectivity index (χ0) is 22.9. The number of hydrogen-bond donors (Lipinski definition) is 0. The molecule has 3 aliphatic heterocycles. The molecule has 1 aromatic rings. The van der Waals surface area contributed by atoms with Gasteiger partial charge in [-0.15, -0.1) is 6.58 Å². The fraction of sp³-hybridized carbons (Fsp3) is 0.615. The number of anilines is 1. The van der Waals surface area contributed by atoms with Gasteiger partial charge >= 0.3 is 5.97 Å². The first-order valence-electron chi connectivity index (χ1n) is 12.0. The third kappa shape index (κ3) is 4.05. The molecule has 1 aromatic carbocycles. The summed E-state index contributed by atoms with van der Waals surface area (Å²) in [5.74, 6) is -0.603. The van der Waals surface area contributed by atoms with Crippen LogP contribution < -0.4 is 4.90 Å². The SMILES string of the molecule is C=CCN1C(=O)CC(C(=O)OC)C12CCN(Cc1ccc3c(c1)CCCN3C(C)C)CC2. The fourth-order valence-corrected chi connectivity index (χ4v) is 6.06.